The Bertz CT molecular complexity index is 518. The Hall–Kier alpha value is -1.58. The number of benzene rings is 1. The number of rotatable bonds is 2. The molecule has 0 radical (unpaired) electrons. The molecule has 19 heavy (non-hydrogen) atoms. The maximum atomic E-state index is 13.2. The highest BCUT2D eigenvalue weighted by Gasteiger charge is 2.59. The smallest absolute Gasteiger partial charge is 0.294 e. The van der Waals surface area contributed by atoms with E-state index in [0.717, 1.165) is 0 Å². The summed E-state index contributed by atoms with van der Waals surface area (Å²) in [6, 6.07) is 8.29. The minimum atomic E-state index is -4.31. The van der Waals surface area contributed by atoms with Gasteiger partial charge in [-0.3, -0.25) is 4.79 Å². The van der Waals surface area contributed by atoms with E-state index in [0.29, 0.717) is 12.0 Å². The van der Waals surface area contributed by atoms with Crippen LogP contribution in [0.4, 0.5) is 13.2 Å². The minimum absolute atomic E-state index is 0.260. The highest BCUT2D eigenvalue weighted by atomic mass is 19.4. The largest absolute Gasteiger partial charge is 0.393 e. The quantitative estimate of drug-likeness (QED) is 0.586. The summed E-state index contributed by atoms with van der Waals surface area (Å²) in [5.74, 6) is -3.63. The summed E-state index contributed by atoms with van der Waals surface area (Å²) in [5, 5.41) is 0. The summed E-state index contributed by atoms with van der Waals surface area (Å²) in [5.41, 5.74) is 0.377. The molecule has 0 amide bonds. The van der Waals surface area contributed by atoms with E-state index in [9.17, 15) is 18.0 Å². The highest BCUT2D eigenvalue weighted by Crippen LogP contribution is 2.55. The number of hydrogen-bond donors (Lipinski definition) is 0. The van der Waals surface area contributed by atoms with Gasteiger partial charge in [0.2, 0.25) is 0 Å². The van der Waals surface area contributed by atoms with E-state index in [-0.39, 0.29) is 11.7 Å². The van der Waals surface area contributed by atoms with Gasteiger partial charge in [-0.25, -0.2) is 0 Å². The van der Waals surface area contributed by atoms with Crippen molar-refractivity contribution < 1.29 is 18.0 Å². The summed E-state index contributed by atoms with van der Waals surface area (Å²) in [6.07, 6.45) is -0.456. The van der Waals surface area contributed by atoms with E-state index in [1.54, 1.807) is 42.5 Å². The number of alkyl halides is 3. The van der Waals surface area contributed by atoms with Gasteiger partial charge in [0.25, 0.3) is 0 Å². The van der Waals surface area contributed by atoms with Crippen LogP contribution in [0.5, 0.6) is 0 Å². The molecule has 0 N–H and O–H groups in total. The molecule has 1 aromatic carbocycles. The zero-order chi connectivity index (χ0) is 13.6. The summed E-state index contributed by atoms with van der Waals surface area (Å²) in [6.45, 7) is 0. The monoisotopic (exact) mass is 266 g/mol. The molecule has 0 heterocycles. The average Bonchev–Trinajstić information content (AvgIpc) is 2.98. The van der Waals surface area contributed by atoms with Crippen LogP contribution in [0.15, 0.2) is 42.5 Å². The van der Waals surface area contributed by atoms with Crippen LogP contribution in [0.2, 0.25) is 0 Å². The second kappa shape index (κ2) is 4.22. The first-order valence-electron chi connectivity index (χ1n) is 6.33. The molecule has 1 fully saturated rings. The molecule has 100 valence electrons. The fourth-order valence-electron chi connectivity index (χ4n) is 3.42. The molecule has 4 atom stereocenters. The first-order valence-corrected chi connectivity index (χ1v) is 6.33. The number of halogens is 3. The molecule has 2 aliphatic carbocycles. The van der Waals surface area contributed by atoms with Gasteiger partial charge >= 0.3 is 6.18 Å². The molecular formula is C15H13F3O. The standard InChI is InChI=1S/C15H13F3O/c16-15(17,18)13-11-7-6-10(8-11)12(13)14(19)9-4-2-1-3-5-9/h1-7,10-13H,8H2/t10-,11+,12+,13+/m1/s1. The maximum absolute atomic E-state index is 13.2. The van der Waals surface area contributed by atoms with E-state index in [2.05, 4.69) is 0 Å². The first-order chi connectivity index (χ1) is 8.98. The van der Waals surface area contributed by atoms with Gasteiger partial charge in [0.15, 0.2) is 5.78 Å². The van der Waals surface area contributed by atoms with Crippen molar-refractivity contribution in [2.45, 2.75) is 12.6 Å². The Morgan fingerprint density at radius 1 is 1.05 bits per heavy atom. The molecule has 1 nitrogen and oxygen atoms in total. The lowest BCUT2D eigenvalue weighted by atomic mass is 9.78. The zero-order valence-corrected chi connectivity index (χ0v) is 10.1. The third kappa shape index (κ3) is 1.99. The molecule has 2 aliphatic rings. The number of fused-ring (bicyclic) bond motifs is 2. The van der Waals surface area contributed by atoms with Crippen molar-refractivity contribution in [1.29, 1.82) is 0 Å². The molecule has 0 unspecified atom stereocenters. The number of carbonyl (C=O) groups excluding carboxylic acids is 1. The molecule has 0 saturated heterocycles. The maximum Gasteiger partial charge on any atom is 0.393 e. The van der Waals surface area contributed by atoms with E-state index >= 15 is 0 Å². The molecular weight excluding hydrogens is 253 g/mol. The number of Topliss-reactive ketones (excluding diaryl/α,β-unsaturated/α-hetero) is 1. The van der Waals surface area contributed by atoms with Gasteiger partial charge in [-0.1, -0.05) is 42.5 Å². The molecule has 1 saturated carbocycles. The van der Waals surface area contributed by atoms with Crippen LogP contribution in [-0.4, -0.2) is 12.0 Å². The average molecular weight is 266 g/mol. The lowest BCUT2D eigenvalue weighted by Crippen LogP contribution is -2.37. The molecule has 0 spiro atoms. The summed E-state index contributed by atoms with van der Waals surface area (Å²) in [4.78, 5) is 12.4. The van der Waals surface area contributed by atoms with Crippen LogP contribution in [0.25, 0.3) is 0 Å². The highest BCUT2D eigenvalue weighted by molar-refractivity contribution is 5.98. The molecule has 0 aromatic heterocycles. The molecule has 0 aliphatic heterocycles. The fraction of sp³-hybridized carbons (Fsp3) is 0.400. The second-order valence-corrected chi connectivity index (χ2v) is 5.27. The predicted octanol–water partition coefficient (Wildman–Crippen LogP) is 3.87. The van der Waals surface area contributed by atoms with E-state index < -0.39 is 23.9 Å². The van der Waals surface area contributed by atoms with E-state index in [1.807, 2.05) is 0 Å². The number of hydrogen-bond acceptors (Lipinski definition) is 1. The topological polar surface area (TPSA) is 17.1 Å². The minimum Gasteiger partial charge on any atom is -0.294 e. The van der Waals surface area contributed by atoms with Crippen LogP contribution in [0, 0.1) is 23.7 Å². The third-order valence-electron chi connectivity index (χ3n) is 4.20. The molecule has 4 heteroatoms. The second-order valence-electron chi connectivity index (χ2n) is 5.27. The Kier molecular flexibility index (Phi) is 2.77. The molecule has 2 bridgehead atoms. The molecule has 3 rings (SSSR count). The van der Waals surface area contributed by atoms with Gasteiger partial charge in [0.1, 0.15) is 0 Å². The van der Waals surface area contributed by atoms with E-state index in [4.69, 9.17) is 0 Å². The lowest BCUT2D eigenvalue weighted by Gasteiger charge is -2.28. The van der Waals surface area contributed by atoms with Crippen molar-refractivity contribution in [3.63, 3.8) is 0 Å². The van der Waals surface area contributed by atoms with Gasteiger partial charge in [0, 0.05) is 11.5 Å². The predicted molar refractivity (Wildman–Crippen MR) is 64.5 cm³/mol. The van der Waals surface area contributed by atoms with Gasteiger partial charge in [0.05, 0.1) is 5.92 Å². The summed E-state index contributed by atoms with van der Waals surface area (Å²) in [7, 11) is 0. The lowest BCUT2D eigenvalue weighted by molar-refractivity contribution is -0.188. The summed E-state index contributed by atoms with van der Waals surface area (Å²) < 4.78 is 39.5. The van der Waals surface area contributed by atoms with Crippen LogP contribution >= 0.6 is 0 Å². The Labute approximate surface area is 109 Å². The van der Waals surface area contributed by atoms with Gasteiger partial charge in [-0.15, -0.1) is 0 Å². The van der Waals surface area contributed by atoms with Crippen LogP contribution in [0.3, 0.4) is 0 Å². The summed E-state index contributed by atoms with van der Waals surface area (Å²) >= 11 is 0. The third-order valence-corrected chi connectivity index (χ3v) is 4.20. The number of carbonyl (C=O) groups is 1. The van der Waals surface area contributed by atoms with E-state index in [1.165, 1.54) is 0 Å². The Balaban J connectivity index is 1.95. The van der Waals surface area contributed by atoms with Gasteiger partial charge in [-0.05, 0) is 18.3 Å². The zero-order valence-electron chi connectivity index (χ0n) is 10.1. The van der Waals surface area contributed by atoms with Crippen molar-refractivity contribution in [2.75, 3.05) is 0 Å². The van der Waals surface area contributed by atoms with Gasteiger partial charge < -0.3 is 0 Å². The van der Waals surface area contributed by atoms with Crippen LogP contribution in [0.1, 0.15) is 16.8 Å². The van der Waals surface area contributed by atoms with Crippen molar-refractivity contribution >= 4 is 5.78 Å². The van der Waals surface area contributed by atoms with Crippen molar-refractivity contribution in [2.24, 2.45) is 23.7 Å². The van der Waals surface area contributed by atoms with Crippen molar-refractivity contribution in [3.05, 3.63) is 48.0 Å². The number of ketones is 1. The van der Waals surface area contributed by atoms with Crippen molar-refractivity contribution in [1.82, 2.24) is 0 Å². The Morgan fingerprint density at radius 3 is 2.32 bits per heavy atom. The molecule has 1 aromatic rings. The SMILES string of the molecule is O=C(c1ccccc1)[C@@H]1[C@@H](C(F)(F)F)[C@H]2C=C[C@@H]1C2. The van der Waals surface area contributed by atoms with Crippen LogP contribution < -0.4 is 0 Å². The van der Waals surface area contributed by atoms with Gasteiger partial charge in [-0.2, -0.15) is 13.2 Å². The van der Waals surface area contributed by atoms with Crippen LogP contribution in [-0.2, 0) is 0 Å². The first kappa shape index (κ1) is 12.5. The van der Waals surface area contributed by atoms with Crippen molar-refractivity contribution in [3.8, 4) is 0 Å². The fourth-order valence-corrected chi connectivity index (χ4v) is 3.42. The number of allylic oxidation sites excluding steroid dienone is 2. The normalized spacial score (nSPS) is 32.8. The Morgan fingerprint density at radius 2 is 1.68 bits per heavy atom.